The van der Waals surface area contributed by atoms with E-state index in [9.17, 15) is 4.79 Å². The van der Waals surface area contributed by atoms with Crippen LogP contribution in [-0.2, 0) is 17.9 Å². The molecule has 1 N–H and O–H groups in total. The molecule has 2 aliphatic rings. The lowest BCUT2D eigenvalue weighted by Gasteiger charge is -2.34. The molecular formula is C30H29ClN4O5. The minimum Gasteiger partial charge on any atom is -0.485 e. The molecule has 0 spiro atoms. The van der Waals surface area contributed by atoms with Crippen molar-refractivity contribution in [2.75, 3.05) is 19.7 Å². The molecule has 2 aliphatic heterocycles. The van der Waals surface area contributed by atoms with Crippen LogP contribution >= 0.6 is 11.6 Å². The number of benzene rings is 2. The molecule has 6 rings (SSSR count). The van der Waals surface area contributed by atoms with Gasteiger partial charge in [0.1, 0.15) is 12.4 Å². The van der Waals surface area contributed by atoms with Gasteiger partial charge in [-0.15, -0.1) is 0 Å². The Hall–Kier alpha value is -4.08. The van der Waals surface area contributed by atoms with E-state index in [1.54, 1.807) is 24.5 Å². The lowest BCUT2D eigenvalue weighted by atomic mass is 9.88. The summed E-state index contributed by atoms with van der Waals surface area (Å²) in [5, 5.41) is 13.6. The zero-order valence-electron chi connectivity index (χ0n) is 21.8. The zero-order valence-corrected chi connectivity index (χ0v) is 22.5. The van der Waals surface area contributed by atoms with Gasteiger partial charge < -0.3 is 23.7 Å². The standard InChI is InChI=1S/C30H29ClN4O5/c31-22-6-4-21(5-7-22)27-19-38-30-25(2-1-3-26(30)39-27)20-11-14-34(15-12-20)18-28-32-16-23(8-9-29(36)37)35(28)17-24-10-13-33-40-24/h1-10,13,16,20,27H,11-12,14-15,17-19H2,(H,36,37)/b9-8+. The zero-order chi connectivity index (χ0) is 27.5. The number of aromatic nitrogens is 3. The molecule has 9 nitrogen and oxygen atoms in total. The Kier molecular flexibility index (Phi) is 7.57. The summed E-state index contributed by atoms with van der Waals surface area (Å²) in [7, 11) is 0. The lowest BCUT2D eigenvalue weighted by molar-refractivity contribution is -0.131. The summed E-state index contributed by atoms with van der Waals surface area (Å²) in [4.78, 5) is 18.1. The number of imidazole rings is 1. The van der Waals surface area contributed by atoms with E-state index in [2.05, 4.69) is 21.1 Å². The van der Waals surface area contributed by atoms with Crippen molar-refractivity contribution in [3.05, 3.63) is 100 Å². The van der Waals surface area contributed by atoms with Gasteiger partial charge in [-0.25, -0.2) is 9.78 Å². The normalized spacial score (nSPS) is 17.9. The van der Waals surface area contributed by atoms with Gasteiger partial charge in [0.15, 0.2) is 23.4 Å². The van der Waals surface area contributed by atoms with Crippen LogP contribution in [0.4, 0.5) is 0 Å². The first-order chi connectivity index (χ1) is 19.5. The Balaban J connectivity index is 1.12. The number of rotatable bonds is 8. The van der Waals surface area contributed by atoms with Crippen molar-refractivity contribution in [1.82, 2.24) is 19.6 Å². The van der Waals surface area contributed by atoms with Crippen LogP contribution in [-0.4, -0.2) is 50.4 Å². The SMILES string of the molecule is O=C(O)/C=C/c1cnc(CN2CCC(c3cccc4c3OCC(c3ccc(Cl)cc3)O4)CC2)n1Cc1ccno1. The second-order valence-corrected chi connectivity index (χ2v) is 10.5. The van der Waals surface area contributed by atoms with Crippen molar-refractivity contribution in [2.24, 2.45) is 0 Å². The van der Waals surface area contributed by atoms with Crippen LogP contribution in [0.2, 0.25) is 5.02 Å². The molecule has 2 aromatic carbocycles. The van der Waals surface area contributed by atoms with E-state index in [0.29, 0.717) is 42.1 Å². The largest absolute Gasteiger partial charge is 0.485 e. The Morgan fingerprint density at radius 2 is 1.93 bits per heavy atom. The molecule has 4 heterocycles. The number of piperidine rings is 1. The highest BCUT2D eigenvalue weighted by Gasteiger charge is 2.30. The molecule has 40 heavy (non-hydrogen) atoms. The van der Waals surface area contributed by atoms with Crippen LogP contribution in [0, 0.1) is 0 Å². The maximum Gasteiger partial charge on any atom is 0.328 e. The van der Waals surface area contributed by atoms with E-state index in [1.165, 1.54) is 5.56 Å². The van der Waals surface area contributed by atoms with E-state index in [4.69, 9.17) is 30.7 Å². The number of aliphatic carboxylic acids is 1. The molecule has 10 heteroatoms. The van der Waals surface area contributed by atoms with Crippen LogP contribution in [0.5, 0.6) is 11.5 Å². The summed E-state index contributed by atoms with van der Waals surface area (Å²) in [6, 6.07) is 15.6. The molecule has 0 bridgehead atoms. The highest BCUT2D eigenvalue weighted by molar-refractivity contribution is 6.30. The minimum atomic E-state index is -1.01. The predicted molar refractivity (Wildman–Crippen MR) is 149 cm³/mol. The number of halogens is 1. The first-order valence-electron chi connectivity index (χ1n) is 13.3. The highest BCUT2D eigenvalue weighted by atomic mass is 35.5. The van der Waals surface area contributed by atoms with Gasteiger partial charge in [0, 0.05) is 22.7 Å². The fraction of sp³-hybridized carbons (Fsp3) is 0.300. The van der Waals surface area contributed by atoms with Crippen LogP contribution in [0.1, 0.15) is 53.3 Å². The molecule has 4 aromatic rings. The summed E-state index contributed by atoms with van der Waals surface area (Å²) in [5.41, 5.74) is 2.94. The van der Waals surface area contributed by atoms with E-state index >= 15 is 0 Å². The first-order valence-corrected chi connectivity index (χ1v) is 13.7. The minimum absolute atomic E-state index is 0.169. The highest BCUT2D eigenvalue weighted by Crippen LogP contribution is 2.44. The van der Waals surface area contributed by atoms with Gasteiger partial charge in [-0.3, -0.25) is 4.90 Å². The summed E-state index contributed by atoms with van der Waals surface area (Å²) in [6.07, 6.45) is 7.76. The smallest absolute Gasteiger partial charge is 0.328 e. The quantitative estimate of drug-likeness (QED) is 0.279. The van der Waals surface area contributed by atoms with Gasteiger partial charge in [-0.1, -0.05) is 41.0 Å². The van der Waals surface area contributed by atoms with E-state index in [1.807, 2.05) is 41.0 Å². The van der Waals surface area contributed by atoms with Gasteiger partial charge in [-0.05, 0) is 61.7 Å². The van der Waals surface area contributed by atoms with Gasteiger partial charge in [0.25, 0.3) is 0 Å². The van der Waals surface area contributed by atoms with Crippen LogP contribution < -0.4 is 9.47 Å². The van der Waals surface area contributed by atoms with E-state index in [-0.39, 0.29) is 6.10 Å². The fourth-order valence-corrected chi connectivity index (χ4v) is 5.52. The monoisotopic (exact) mass is 560 g/mol. The van der Waals surface area contributed by atoms with Crippen molar-refractivity contribution in [1.29, 1.82) is 0 Å². The van der Waals surface area contributed by atoms with Crippen LogP contribution in [0.15, 0.2) is 71.5 Å². The van der Waals surface area contributed by atoms with Crippen molar-refractivity contribution < 1.29 is 23.9 Å². The molecule has 0 amide bonds. The van der Waals surface area contributed by atoms with Gasteiger partial charge in [0.05, 0.1) is 31.2 Å². The maximum absolute atomic E-state index is 11.1. The van der Waals surface area contributed by atoms with Gasteiger partial charge in [0.2, 0.25) is 0 Å². The average molecular weight is 561 g/mol. The number of para-hydroxylation sites is 1. The summed E-state index contributed by atoms with van der Waals surface area (Å²) in [5.74, 6) is 2.52. The number of carbonyl (C=O) groups is 1. The molecule has 206 valence electrons. The molecule has 1 atom stereocenters. The second kappa shape index (κ2) is 11.6. The Morgan fingerprint density at radius 3 is 2.67 bits per heavy atom. The lowest BCUT2D eigenvalue weighted by Crippen LogP contribution is -2.34. The molecule has 0 saturated carbocycles. The summed E-state index contributed by atoms with van der Waals surface area (Å²) < 4.78 is 19.9. The van der Waals surface area contributed by atoms with Crippen molar-refractivity contribution in [2.45, 2.75) is 38.0 Å². The van der Waals surface area contributed by atoms with Gasteiger partial charge >= 0.3 is 5.97 Å². The fourth-order valence-electron chi connectivity index (χ4n) is 5.40. The average Bonchev–Trinajstić information content (AvgIpc) is 3.62. The van der Waals surface area contributed by atoms with Gasteiger partial charge in [-0.2, -0.15) is 0 Å². The number of carboxylic acid groups (broad SMARTS) is 1. The topological polar surface area (TPSA) is 103 Å². The molecule has 0 aliphatic carbocycles. The maximum atomic E-state index is 11.1. The first kappa shape index (κ1) is 26.2. The third-order valence-electron chi connectivity index (χ3n) is 7.46. The molecule has 2 aromatic heterocycles. The van der Waals surface area contributed by atoms with Crippen molar-refractivity contribution >= 4 is 23.6 Å². The number of ether oxygens (including phenoxy) is 2. The molecule has 1 unspecified atom stereocenters. The van der Waals surface area contributed by atoms with Crippen LogP contribution in [0.3, 0.4) is 0 Å². The van der Waals surface area contributed by atoms with Crippen molar-refractivity contribution in [3.8, 4) is 11.5 Å². The molecular weight excluding hydrogens is 532 g/mol. The van der Waals surface area contributed by atoms with E-state index in [0.717, 1.165) is 54.9 Å². The number of hydrogen-bond acceptors (Lipinski definition) is 7. The summed E-state index contributed by atoms with van der Waals surface area (Å²) >= 11 is 6.05. The molecule has 1 fully saturated rings. The second-order valence-electron chi connectivity index (χ2n) is 10.0. The number of nitrogens with zero attached hydrogens (tertiary/aromatic N) is 4. The molecule has 1 saturated heterocycles. The number of likely N-dealkylation sites (tertiary alicyclic amines) is 1. The van der Waals surface area contributed by atoms with Crippen molar-refractivity contribution in [3.63, 3.8) is 0 Å². The Morgan fingerprint density at radius 1 is 1.10 bits per heavy atom. The Labute approximate surface area is 236 Å². The predicted octanol–water partition coefficient (Wildman–Crippen LogP) is 5.56. The third-order valence-corrected chi connectivity index (χ3v) is 7.71. The van der Waals surface area contributed by atoms with Crippen LogP contribution in [0.25, 0.3) is 6.08 Å². The molecule has 0 radical (unpaired) electrons. The van der Waals surface area contributed by atoms with E-state index < -0.39 is 5.97 Å². The number of carboxylic acids is 1. The summed E-state index contributed by atoms with van der Waals surface area (Å²) in [6.45, 7) is 3.33. The number of fused-ring (bicyclic) bond motifs is 1. The third kappa shape index (κ3) is 5.76. The Bertz CT molecular complexity index is 1490. The number of hydrogen-bond donors (Lipinski definition) is 1.